The zero-order valence-electron chi connectivity index (χ0n) is 8.31. The Hall–Kier alpha value is -0.740. The van der Waals surface area contributed by atoms with Crippen LogP contribution in [-0.2, 0) is 11.6 Å². The lowest BCUT2D eigenvalue weighted by atomic mass is 9.91. The molecule has 2 rings (SSSR count). The molecule has 0 aromatic heterocycles. The number of rotatable bonds is 2. The Bertz CT molecular complexity index is 410. The third-order valence-electron chi connectivity index (χ3n) is 3.01. The van der Waals surface area contributed by atoms with E-state index in [4.69, 9.17) is 11.6 Å². The van der Waals surface area contributed by atoms with Crippen LogP contribution in [0.5, 0.6) is 0 Å². The number of halogens is 4. The minimum absolute atomic E-state index is 0.0478. The number of hydrogen-bond acceptors (Lipinski definition) is 1. The topological polar surface area (TPSA) is 20.2 Å². The summed E-state index contributed by atoms with van der Waals surface area (Å²) in [6, 6.07) is 3.72. The molecule has 16 heavy (non-hydrogen) atoms. The summed E-state index contributed by atoms with van der Waals surface area (Å²) in [5.74, 6) is 0. The van der Waals surface area contributed by atoms with Crippen LogP contribution in [0.1, 0.15) is 24.0 Å². The summed E-state index contributed by atoms with van der Waals surface area (Å²) in [6.45, 7) is -0.292. The van der Waals surface area contributed by atoms with E-state index in [9.17, 15) is 18.3 Å². The Morgan fingerprint density at radius 3 is 2.38 bits per heavy atom. The highest BCUT2D eigenvalue weighted by atomic mass is 35.5. The molecule has 0 bridgehead atoms. The van der Waals surface area contributed by atoms with Crippen LogP contribution in [0, 0.1) is 0 Å². The molecule has 1 N–H and O–H groups in total. The Morgan fingerprint density at radius 1 is 1.31 bits per heavy atom. The van der Waals surface area contributed by atoms with Gasteiger partial charge in [-0.05, 0) is 30.5 Å². The van der Waals surface area contributed by atoms with Gasteiger partial charge in [0.2, 0.25) is 0 Å². The first kappa shape index (κ1) is 11.7. The van der Waals surface area contributed by atoms with Gasteiger partial charge < -0.3 is 5.11 Å². The zero-order chi connectivity index (χ0) is 12.0. The van der Waals surface area contributed by atoms with Crippen LogP contribution >= 0.6 is 11.6 Å². The first-order valence-corrected chi connectivity index (χ1v) is 5.25. The molecule has 1 aliphatic carbocycles. The number of aliphatic hydroxyl groups is 1. The minimum Gasteiger partial charge on any atom is -0.395 e. The Balaban J connectivity index is 2.59. The number of aliphatic hydroxyl groups excluding tert-OH is 1. The van der Waals surface area contributed by atoms with Crippen molar-refractivity contribution in [1.29, 1.82) is 0 Å². The van der Waals surface area contributed by atoms with Crippen molar-refractivity contribution in [2.24, 2.45) is 0 Å². The molecule has 0 aliphatic heterocycles. The second-order valence-electron chi connectivity index (χ2n) is 4.10. The second-order valence-corrected chi connectivity index (χ2v) is 4.51. The molecule has 1 aromatic rings. The quantitative estimate of drug-likeness (QED) is 0.853. The number of alkyl halides is 3. The van der Waals surface area contributed by atoms with E-state index in [0.717, 1.165) is 6.07 Å². The van der Waals surface area contributed by atoms with Crippen molar-refractivity contribution in [3.63, 3.8) is 0 Å². The van der Waals surface area contributed by atoms with Crippen LogP contribution in [0.3, 0.4) is 0 Å². The van der Waals surface area contributed by atoms with Gasteiger partial charge in [-0.3, -0.25) is 0 Å². The first-order chi connectivity index (χ1) is 7.41. The molecule has 0 unspecified atom stereocenters. The number of hydrogen-bond donors (Lipinski definition) is 1. The molecule has 0 radical (unpaired) electrons. The van der Waals surface area contributed by atoms with Gasteiger partial charge in [-0.25, -0.2) is 0 Å². The zero-order valence-corrected chi connectivity index (χ0v) is 9.07. The molecule has 0 atom stereocenters. The van der Waals surface area contributed by atoms with Crippen molar-refractivity contribution in [1.82, 2.24) is 0 Å². The van der Waals surface area contributed by atoms with Crippen LogP contribution in [0.15, 0.2) is 18.2 Å². The second kappa shape index (κ2) is 3.64. The van der Waals surface area contributed by atoms with Gasteiger partial charge in [0, 0.05) is 10.4 Å². The van der Waals surface area contributed by atoms with Crippen molar-refractivity contribution < 1.29 is 18.3 Å². The van der Waals surface area contributed by atoms with Crippen molar-refractivity contribution in [2.75, 3.05) is 6.61 Å². The highest BCUT2D eigenvalue weighted by Crippen LogP contribution is 2.53. The fourth-order valence-corrected chi connectivity index (χ4v) is 2.31. The molecular weight excluding hydrogens is 241 g/mol. The average molecular weight is 251 g/mol. The summed E-state index contributed by atoms with van der Waals surface area (Å²) in [7, 11) is 0. The van der Waals surface area contributed by atoms with Gasteiger partial charge >= 0.3 is 6.18 Å². The first-order valence-electron chi connectivity index (χ1n) is 4.88. The summed E-state index contributed by atoms with van der Waals surface area (Å²) in [5.41, 5.74) is -1.46. The van der Waals surface area contributed by atoms with Crippen molar-refractivity contribution in [3.8, 4) is 0 Å². The van der Waals surface area contributed by atoms with E-state index in [0.29, 0.717) is 12.8 Å². The van der Waals surface area contributed by atoms with Gasteiger partial charge in [0.05, 0.1) is 12.2 Å². The molecule has 1 fully saturated rings. The molecule has 0 saturated heterocycles. The van der Waals surface area contributed by atoms with E-state index < -0.39 is 17.2 Å². The Labute approximate surface area is 95.8 Å². The standard InChI is InChI=1S/C11H10ClF3O/c12-8-3-1-2-7(11(13,14)15)9(8)10(6-16)4-5-10/h1-3,16H,4-6H2. The lowest BCUT2D eigenvalue weighted by Gasteiger charge is -2.20. The normalized spacial score (nSPS) is 18.6. The summed E-state index contributed by atoms with van der Waals surface area (Å²) >= 11 is 5.83. The van der Waals surface area contributed by atoms with Crippen LogP contribution in [-0.4, -0.2) is 11.7 Å². The molecule has 1 nitrogen and oxygen atoms in total. The van der Waals surface area contributed by atoms with Gasteiger partial charge in [-0.15, -0.1) is 0 Å². The molecule has 1 aliphatic rings. The number of benzene rings is 1. The third kappa shape index (κ3) is 1.80. The largest absolute Gasteiger partial charge is 0.416 e. The average Bonchev–Trinajstić information content (AvgIpc) is 2.96. The summed E-state index contributed by atoms with van der Waals surface area (Å²) in [5, 5.41) is 9.28. The lowest BCUT2D eigenvalue weighted by Crippen LogP contribution is -2.19. The van der Waals surface area contributed by atoms with Gasteiger partial charge in [0.25, 0.3) is 0 Å². The lowest BCUT2D eigenvalue weighted by molar-refractivity contribution is -0.138. The van der Waals surface area contributed by atoms with Gasteiger partial charge in [-0.2, -0.15) is 13.2 Å². The monoisotopic (exact) mass is 250 g/mol. The minimum atomic E-state index is -4.43. The van der Waals surface area contributed by atoms with E-state index in [1.807, 2.05) is 0 Å². The molecule has 1 aromatic carbocycles. The van der Waals surface area contributed by atoms with Crippen LogP contribution < -0.4 is 0 Å². The van der Waals surface area contributed by atoms with Crippen molar-refractivity contribution in [2.45, 2.75) is 24.4 Å². The molecule has 0 spiro atoms. The third-order valence-corrected chi connectivity index (χ3v) is 3.32. The molecule has 1 saturated carbocycles. The molecule has 88 valence electrons. The molecule has 5 heteroatoms. The maximum atomic E-state index is 12.8. The predicted molar refractivity (Wildman–Crippen MR) is 54.5 cm³/mol. The van der Waals surface area contributed by atoms with Crippen LogP contribution in [0.2, 0.25) is 5.02 Å². The SMILES string of the molecule is OCC1(c2c(Cl)cccc2C(F)(F)F)CC1. The van der Waals surface area contributed by atoms with E-state index in [-0.39, 0.29) is 17.2 Å². The van der Waals surface area contributed by atoms with Gasteiger partial charge in [-0.1, -0.05) is 17.7 Å². The summed E-state index contributed by atoms with van der Waals surface area (Å²) < 4.78 is 38.3. The van der Waals surface area contributed by atoms with Crippen molar-refractivity contribution in [3.05, 3.63) is 34.3 Å². The van der Waals surface area contributed by atoms with Gasteiger partial charge in [0.1, 0.15) is 0 Å². The highest BCUT2D eigenvalue weighted by Gasteiger charge is 2.50. The maximum absolute atomic E-state index is 12.8. The van der Waals surface area contributed by atoms with E-state index in [2.05, 4.69) is 0 Å². The smallest absolute Gasteiger partial charge is 0.395 e. The summed E-state index contributed by atoms with van der Waals surface area (Å²) in [6.07, 6.45) is -3.32. The predicted octanol–water partition coefficient (Wildman–Crippen LogP) is 3.38. The van der Waals surface area contributed by atoms with E-state index in [1.54, 1.807) is 0 Å². The van der Waals surface area contributed by atoms with Gasteiger partial charge in [0.15, 0.2) is 0 Å². The molecular formula is C11H10ClF3O. The Kier molecular flexibility index (Phi) is 2.67. The van der Waals surface area contributed by atoms with Crippen LogP contribution in [0.4, 0.5) is 13.2 Å². The fourth-order valence-electron chi connectivity index (χ4n) is 1.94. The van der Waals surface area contributed by atoms with E-state index in [1.165, 1.54) is 12.1 Å². The maximum Gasteiger partial charge on any atom is 0.416 e. The van der Waals surface area contributed by atoms with E-state index >= 15 is 0 Å². The Morgan fingerprint density at radius 2 is 1.94 bits per heavy atom. The molecule has 0 heterocycles. The van der Waals surface area contributed by atoms with Crippen molar-refractivity contribution >= 4 is 11.6 Å². The highest BCUT2D eigenvalue weighted by molar-refractivity contribution is 6.31. The summed E-state index contributed by atoms with van der Waals surface area (Å²) in [4.78, 5) is 0. The fraction of sp³-hybridized carbons (Fsp3) is 0.455. The molecule has 0 amide bonds. The van der Waals surface area contributed by atoms with Crippen LogP contribution in [0.25, 0.3) is 0 Å².